The van der Waals surface area contributed by atoms with Crippen LogP contribution in [-0.2, 0) is 39.2 Å². The zero-order chi connectivity index (χ0) is 92.9. The van der Waals surface area contributed by atoms with Gasteiger partial charge >= 0.3 is 61.6 Å². The van der Waals surface area contributed by atoms with Crippen LogP contribution in [0.4, 0.5) is 0 Å². The van der Waals surface area contributed by atoms with Gasteiger partial charge in [0.1, 0.15) is 20.2 Å². The van der Waals surface area contributed by atoms with Crippen molar-refractivity contribution in [2.75, 3.05) is 26.4 Å². The van der Waals surface area contributed by atoms with Gasteiger partial charge in [0, 0.05) is 0 Å². The van der Waals surface area contributed by atoms with E-state index in [0.29, 0.717) is 25.7 Å². The predicted octanol–water partition coefficient (Wildman–Crippen LogP) is 34.9. The number of benzene rings is 2. The van der Waals surface area contributed by atoms with E-state index in [0.717, 1.165) is 89.2 Å². The molecule has 2 rings (SSSR count). The molecule has 0 N–H and O–H groups in total. The van der Waals surface area contributed by atoms with Crippen LogP contribution >= 0.6 is 0 Å². The number of hydrogen-bond donors (Lipinski definition) is 0. The summed E-state index contributed by atoms with van der Waals surface area (Å²) in [4.78, 5) is 50.7. The SMILES string of the molecule is CCCCCCCCCCC/C=C/CCCCCCCCCCCOC(=O)c1cccc(S(=O)(=O)[O-])c1C(=O)OCCCCCCCCCCC/C=C/CCCCCCCCCCC.CCCCCCCCCCC/C=C/CCCCCCCCCCCOC(=O)c1cccc(S(=O)(=O)[O-])c1C(=O)OCCCCCCCCCCC/C=C/CCCCCCCCCCC.[Ca+2]. The van der Waals surface area contributed by atoms with Crippen LogP contribution in [0.25, 0.3) is 0 Å². The molecule has 0 heterocycles. The summed E-state index contributed by atoms with van der Waals surface area (Å²) in [5, 5.41) is 0. The summed E-state index contributed by atoms with van der Waals surface area (Å²) in [5.74, 6) is -3.62. The summed E-state index contributed by atoms with van der Waals surface area (Å²) < 4.78 is 94.0. The fourth-order valence-electron chi connectivity index (χ4n) is 16.8. The van der Waals surface area contributed by atoms with Gasteiger partial charge in [-0.15, -0.1) is 0 Å². The van der Waals surface area contributed by atoms with Gasteiger partial charge in [0.25, 0.3) is 0 Å². The zero-order valence-electron chi connectivity index (χ0n) is 83.7. The first-order valence-corrected chi connectivity index (χ1v) is 56.9. The summed E-state index contributed by atoms with van der Waals surface area (Å²) in [6.07, 6.45) is 118. The molecule has 0 aliphatic heterocycles. The fourth-order valence-corrected chi connectivity index (χ4v) is 18.2. The van der Waals surface area contributed by atoms with Crippen LogP contribution in [0.5, 0.6) is 0 Å². The summed E-state index contributed by atoms with van der Waals surface area (Å²) in [7, 11) is -10.0. The molecule has 0 saturated heterocycles. The number of ether oxygens (including phenoxy) is 4. The first-order chi connectivity index (χ1) is 62.6. The number of hydrogen-bond acceptors (Lipinski definition) is 14. The van der Waals surface area contributed by atoms with Gasteiger partial charge in [0.15, 0.2) is 0 Å². The second-order valence-corrected chi connectivity index (χ2v) is 39.7. The average Bonchev–Trinajstić information content (AvgIpc) is 0.794. The molecule has 0 spiro atoms. The number of carbonyl (C=O) groups is 4. The molecule has 0 bridgehead atoms. The van der Waals surface area contributed by atoms with Gasteiger partial charge in [0.2, 0.25) is 0 Å². The second kappa shape index (κ2) is 96.1. The Kier molecular flexibility index (Phi) is 93.3. The minimum absolute atomic E-state index is 0. The molecule has 0 unspecified atom stereocenters. The van der Waals surface area contributed by atoms with Crippen LogP contribution in [0.2, 0.25) is 0 Å². The van der Waals surface area contributed by atoms with Crippen molar-refractivity contribution in [2.24, 2.45) is 0 Å². The van der Waals surface area contributed by atoms with Crippen LogP contribution in [0.3, 0.4) is 0 Å². The maximum Gasteiger partial charge on any atom is 2.00 e. The van der Waals surface area contributed by atoms with E-state index in [1.54, 1.807) is 0 Å². The van der Waals surface area contributed by atoms with Crippen LogP contribution < -0.4 is 0 Å². The Morgan fingerprint density at radius 2 is 0.357 bits per heavy atom. The van der Waals surface area contributed by atoms with Crippen molar-refractivity contribution >= 4 is 81.9 Å². The summed E-state index contributed by atoms with van der Waals surface area (Å²) in [5.41, 5.74) is -1.55. The molecule has 129 heavy (non-hydrogen) atoms. The minimum Gasteiger partial charge on any atom is -0.744 e. The van der Waals surface area contributed by atoms with Gasteiger partial charge in [-0.25, -0.2) is 36.0 Å². The van der Waals surface area contributed by atoms with Gasteiger partial charge in [0.05, 0.1) is 58.5 Å². The van der Waals surface area contributed by atoms with E-state index in [9.17, 15) is 45.1 Å². The molecule has 0 aliphatic rings. The zero-order valence-corrected chi connectivity index (χ0v) is 87.6. The second-order valence-electron chi connectivity index (χ2n) is 37.0. The maximum atomic E-state index is 13.1. The fraction of sp³-hybridized carbons (Fsp3) is 0.786. The topological polar surface area (TPSA) is 220 Å². The number of rotatable bonds is 94. The predicted molar refractivity (Wildman–Crippen MR) is 544 cm³/mol. The third-order valence-corrected chi connectivity index (χ3v) is 26.8. The Morgan fingerprint density at radius 3 is 0.512 bits per heavy atom. The van der Waals surface area contributed by atoms with Crippen molar-refractivity contribution in [3.05, 3.63) is 107 Å². The van der Waals surface area contributed by atoms with Crippen molar-refractivity contribution in [3.63, 3.8) is 0 Å². The first-order valence-electron chi connectivity index (χ1n) is 54.1. The van der Waals surface area contributed by atoms with Crippen molar-refractivity contribution in [1.29, 1.82) is 0 Å². The van der Waals surface area contributed by atoms with Crippen molar-refractivity contribution in [1.82, 2.24) is 0 Å². The third kappa shape index (κ3) is 80.2. The standard InChI is InChI=1S/2C56H98O7S.Ca/c2*1-3-5-7-9-11-13-15-17-19-21-23-25-27-29-31-33-35-37-39-41-43-45-50-62-55(57)52-48-47-49-53(64(59,60)61)54(52)56(58)63-51-46-44-42-40-38-36-34-32-30-28-26-24-22-20-18-16-14-12-10-8-6-4-2;/h2*23-26,47-49H,3-22,27-46,50-51H2,1-2H3,(H,59,60,61);/q;;+2/p-2/b2*25-23+,26-24+;. The minimum atomic E-state index is -5.02. The summed E-state index contributed by atoms with van der Waals surface area (Å²) >= 11 is 0. The molecule has 0 atom stereocenters. The molecular weight excluding hydrogens is 1670 g/mol. The molecule has 0 aromatic heterocycles. The number of esters is 4. The molecule has 0 amide bonds. The molecule has 0 aliphatic carbocycles. The number of carbonyl (C=O) groups excluding carboxylic acids is 4. The van der Waals surface area contributed by atoms with E-state index in [-0.39, 0.29) is 75.3 Å². The smallest absolute Gasteiger partial charge is 0.744 e. The Labute approximate surface area is 824 Å². The van der Waals surface area contributed by atoms with E-state index in [1.807, 2.05) is 0 Å². The Bertz CT molecular complexity index is 3020. The van der Waals surface area contributed by atoms with E-state index in [1.165, 1.54) is 435 Å². The molecular formula is C112H194CaO14S2. The van der Waals surface area contributed by atoms with Gasteiger partial charge in [-0.05, 0) is 153 Å². The van der Waals surface area contributed by atoms with Gasteiger partial charge < -0.3 is 28.1 Å². The number of allylic oxidation sites excluding steroid dienone is 8. The van der Waals surface area contributed by atoms with Crippen molar-refractivity contribution in [3.8, 4) is 0 Å². The normalized spacial score (nSPS) is 11.8. The maximum absolute atomic E-state index is 13.1. The molecule has 740 valence electrons. The van der Waals surface area contributed by atoms with E-state index < -0.39 is 65.0 Å². The van der Waals surface area contributed by atoms with Crippen LogP contribution in [-0.4, -0.2) is 114 Å². The van der Waals surface area contributed by atoms with Crippen molar-refractivity contribution < 1.29 is 64.1 Å². The third-order valence-electron chi connectivity index (χ3n) is 25.0. The largest absolute Gasteiger partial charge is 2.00 e. The Morgan fingerprint density at radius 1 is 0.217 bits per heavy atom. The van der Waals surface area contributed by atoms with E-state index >= 15 is 0 Å². The quantitative estimate of drug-likeness (QED) is 0.0150. The Hall–Kier alpha value is -3.64. The van der Waals surface area contributed by atoms with Gasteiger partial charge in [-0.3, -0.25) is 0 Å². The number of unbranched alkanes of at least 4 members (excludes halogenated alkanes) is 72. The average molecular weight is 1870 g/mol. The van der Waals surface area contributed by atoms with E-state index in [4.69, 9.17) is 18.9 Å². The Balaban J connectivity index is 0.00000252. The van der Waals surface area contributed by atoms with Crippen LogP contribution in [0.1, 0.15) is 583 Å². The molecule has 14 nitrogen and oxygen atoms in total. The molecule has 17 heteroatoms. The first kappa shape index (κ1) is 125. The molecule has 2 aromatic rings. The molecule has 2 aromatic carbocycles. The van der Waals surface area contributed by atoms with Crippen LogP contribution in [0.15, 0.2) is 94.8 Å². The molecule has 0 fully saturated rings. The molecule has 0 radical (unpaired) electrons. The monoisotopic (exact) mass is 1870 g/mol. The summed E-state index contributed by atoms with van der Waals surface area (Å²) in [6, 6.07) is 7.29. The van der Waals surface area contributed by atoms with Crippen LogP contribution in [0, 0.1) is 0 Å². The van der Waals surface area contributed by atoms with Gasteiger partial charge in [-0.2, -0.15) is 0 Å². The van der Waals surface area contributed by atoms with Gasteiger partial charge in [-0.1, -0.05) is 474 Å². The summed E-state index contributed by atoms with van der Waals surface area (Å²) in [6.45, 7) is 9.58. The van der Waals surface area contributed by atoms with Crippen molar-refractivity contribution in [2.45, 2.75) is 551 Å². The molecule has 0 saturated carbocycles. The van der Waals surface area contributed by atoms with E-state index in [2.05, 4.69) is 76.3 Å².